The SMILES string of the molecule is [BiH3].[Fe].[La].[O]=[Mn]. The van der Waals surface area contributed by atoms with E-state index >= 15 is 0 Å². The van der Waals surface area contributed by atoms with Crippen LogP contribution < -0.4 is 0 Å². The Hall–Kier alpha value is 2.92. The fraction of sp³-hybridized carbons (Fsp3) is 0. The van der Waals surface area contributed by atoms with Crippen LogP contribution in [0.4, 0.5) is 0 Å². The molecule has 0 heterocycles. The van der Waals surface area contributed by atoms with Crippen LogP contribution in [0, 0.1) is 35.6 Å². The molecule has 1 nitrogen and oxygen atoms in total. The van der Waals surface area contributed by atoms with Crippen molar-refractivity contribution in [2.24, 2.45) is 0 Å². The third-order valence-corrected chi connectivity index (χ3v) is 0. The molecule has 0 unspecified atom stereocenters. The summed E-state index contributed by atoms with van der Waals surface area (Å²) in [5, 5.41) is 0. The topological polar surface area (TPSA) is 17.1 Å². The van der Waals surface area contributed by atoms with Gasteiger partial charge in [-0.15, -0.1) is 0 Å². The molecule has 5 heavy (non-hydrogen) atoms. The fourth-order valence-corrected chi connectivity index (χ4v) is 0. The van der Waals surface area contributed by atoms with E-state index in [1.807, 2.05) is 0 Å². The molecule has 0 N–H and O–H groups in total. The fourth-order valence-electron chi connectivity index (χ4n) is 0. The Kier molecular flexibility index (Phi) is 141. The molecule has 5 heteroatoms. The zero-order valence-electron chi connectivity index (χ0n) is 2.42. The molecule has 0 amide bonds. The van der Waals surface area contributed by atoms with E-state index in [0.29, 0.717) is 0 Å². The van der Waals surface area contributed by atoms with Crippen molar-refractivity contribution in [1.29, 1.82) is 0 Å². The quantitative estimate of drug-likeness (QED) is 0.396. The summed E-state index contributed by atoms with van der Waals surface area (Å²) in [4.78, 5) is 0. The van der Waals surface area contributed by atoms with Crippen LogP contribution in [0.1, 0.15) is 0 Å². The van der Waals surface area contributed by atoms with Gasteiger partial charge in [0.25, 0.3) is 0 Å². The van der Waals surface area contributed by atoms with E-state index in [0.717, 1.165) is 0 Å². The Morgan fingerprint density at radius 2 is 1.20 bits per heavy atom. The third kappa shape index (κ3) is 19.7. The van der Waals surface area contributed by atoms with E-state index in [1.54, 1.807) is 15.9 Å². The first-order valence-electron chi connectivity index (χ1n) is 0.154. The minimum atomic E-state index is 0. The molecule has 0 saturated carbocycles. The second-order valence-electron chi connectivity index (χ2n) is 0. The number of hydrogen-bond acceptors (Lipinski definition) is 1. The summed E-state index contributed by atoms with van der Waals surface area (Å²) in [7, 11) is 0. The normalized spacial score (nSPS) is 0.800. The van der Waals surface area contributed by atoms with Crippen molar-refractivity contribution in [3.8, 4) is 0 Å². The van der Waals surface area contributed by atoms with Crippen LogP contribution in [0.2, 0.25) is 0 Å². The first kappa shape index (κ1) is 24.7. The van der Waals surface area contributed by atoms with Gasteiger partial charge in [-0.1, -0.05) is 0 Å². The van der Waals surface area contributed by atoms with Crippen molar-refractivity contribution in [3.63, 3.8) is 0 Å². The van der Waals surface area contributed by atoms with Gasteiger partial charge in [-0.25, -0.2) is 0 Å². The van der Waals surface area contributed by atoms with Gasteiger partial charge in [0.05, 0.1) is 0 Å². The maximum absolute atomic E-state index is 8.06. The van der Waals surface area contributed by atoms with Gasteiger partial charge in [-0.3, -0.25) is 0 Å². The van der Waals surface area contributed by atoms with E-state index in [2.05, 4.69) is 0 Å². The molecule has 0 aliphatic rings. The van der Waals surface area contributed by atoms with Gasteiger partial charge >= 0.3 is 46.0 Å². The van der Waals surface area contributed by atoms with Crippen LogP contribution in [0.15, 0.2) is 0 Å². The molecule has 0 aromatic rings. The van der Waals surface area contributed by atoms with Gasteiger partial charge in [-0.2, -0.15) is 0 Å². The summed E-state index contributed by atoms with van der Waals surface area (Å²) in [6.45, 7) is 0. The predicted octanol–water partition coefficient (Wildman–Crippen LogP) is -1.31. The molecular formula is H3BiFeLaMnO. The monoisotopic (exact) mass is 478 g/mol. The standard InChI is InChI=1S/Bi.Fe.La.Mn.O.3H. The Morgan fingerprint density at radius 1 is 1.20 bits per heavy atom. The second kappa shape index (κ2) is 28.5. The van der Waals surface area contributed by atoms with Crippen molar-refractivity contribution in [2.75, 3.05) is 0 Å². The summed E-state index contributed by atoms with van der Waals surface area (Å²) in [6, 6.07) is 0. The molecule has 0 fully saturated rings. The second-order valence-corrected chi connectivity index (χ2v) is 0. The van der Waals surface area contributed by atoms with Gasteiger partial charge in [0, 0.05) is 52.7 Å². The summed E-state index contributed by atoms with van der Waals surface area (Å²) < 4.78 is 8.06. The summed E-state index contributed by atoms with van der Waals surface area (Å²) >= 11 is 1.69. The average molecular weight is 478 g/mol. The summed E-state index contributed by atoms with van der Waals surface area (Å²) in [5.74, 6) is 0. The van der Waals surface area contributed by atoms with Gasteiger partial charge in [0.2, 0.25) is 0 Å². The van der Waals surface area contributed by atoms with Crippen molar-refractivity contribution in [3.05, 3.63) is 0 Å². The van der Waals surface area contributed by atoms with Crippen LogP contribution in [-0.4, -0.2) is 26.2 Å². The van der Waals surface area contributed by atoms with Gasteiger partial charge in [0.15, 0.2) is 0 Å². The molecule has 0 atom stereocenters. The molecule has 0 bridgehead atoms. The number of rotatable bonds is 0. The molecular weight excluding hydrogens is 475 g/mol. The molecule has 0 aromatic carbocycles. The van der Waals surface area contributed by atoms with Crippen LogP contribution >= 0.6 is 0 Å². The zero-order chi connectivity index (χ0) is 2.00. The first-order chi connectivity index (χ1) is 1.00. The Morgan fingerprint density at radius 3 is 1.20 bits per heavy atom. The van der Waals surface area contributed by atoms with Crippen LogP contribution in [0.25, 0.3) is 0 Å². The Balaban J connectivity index is -0.00000000167. The third-order valence-electron chi connectivity index (χ3n) is 0. The molecule has 0 aliphatic carbocycles. The van der Waals surface area contributed by atoms with Crippen molar-refractivity contribution in [2.45, 2.75) is 0 Å². The molecule has 32 valence electrons. The molecule has 0 rings (SSSR count). The average Bonchev–Trinajstić information content (AvgIpc) is 1.00. The zero-order valence-corrected chi connectivity index (χ0v) is 13.8. The molecule has 0 aromatic heterocycles. The van der Waals surface area contributed by atoms with Crippen molar-refractivity contribution >= 4 is 26.2 Å². The van der Waals surface area contributed by atoms with Crippen molar-refractivity contribution < 1.29 is 72.4 Å². The Bertz CT molecular complexity index is 11.6. The van der Waals surface area contributed by atoms with Crippen LogP contribution in [-0.2, 0) is 36.8 Å². The van der Waals surface area contributed by atoms with E-state index < -0.39 is 0 Å². The maximum atomic E-state index is 8.06. The molecule has 0 aliphatic heterocycles. The van der Waals surface area contributed by atoms with E-state index in [-0.39, 0.29) is 78.9 Å². The molecule has 0 saturated heterocycles. The van der Waals surface area contributed by atoms with E-state index in [9.17, 15) is 0 Å². The van der Waals surface area contributed by atoms with E-state index in [1.165, 1.54) is 0 Å². The summed E-state index contributed by atoms with van der Waals surface area (Å²) in [6.07, 6.45) is 0. The Labute approximate surface area is 96.6 Å². The van der Waals surface area contributed by atoms with Gasteiger partial charge in [0.1, 0.15) is 0 Å². The summed E-state index contributed by atoms with van der Waals surface area (Å²) in [5.41, 5.74) is 0. The first-order valence-corrected chi connectivity index (χ1v) is 0.636. The molecule has 0 spiro atoms. The molecule has 1 radical (unpaired) electrons. The van der Waals surface area contributed by atoms with Crippen LogP contribution in [0.5, 0.6) is 0 Å². The van der Waals surface area contributed by atoms with E-state index in [4.69, 9.17) is 3.83 Å². The van der Waals surface area contributed by atoms with Gasteiger partial charge < -0.3 is 0 Å². The van der Waals surface area contributed by atoms with Crippen LogP contribution in [0.3, 0.4) is 0 Å². The minimum absolute atomic E-state index is 0. The number of hydrogen-bond donors (Lipinski definition) is 0. The van der Waals surface area contributed by atoms with Crippen molar-refractivity contribution in [1.82, 2.24) is 0 Å². The predicted molar refractivity (Wildman–Crippen MR) is 10.6 cm³/mol. The van der Waals surface area contributed by atoms with Gasteiger partial charge in [-0.05, 0) is 0 Å².